The second-order valence-electron chi connectivity index (χ2n) is 3.68. The van der Waals surface area contributed by atoms with Crippen LogP contribution in [0, 0.1) is 0 Å². The lowest BCUT2D eigenvalue weighted by atomic mass is 10.2. The minimum atomic E-state index is 0.251. The van der Waals surface area contributed by atoms with Gasteiger partial charge in [-0.15, -0.1) is 0 Å². The van der Waals surface area contributed by atoms with Crippen molar-refractivity contribution in [2.75, 3.05) is 12.4 Å². The van der Waals surface area contributed by atoms with Crippen molar-refractivity contribution in [2.45, 2.75) is 12.2 Å². The molecule has 0 aliphatic heterocycles. The summed E-state index contributed by atoms with van der Waals surface area (Å²) >= 11 is 1.76. The van der Waals surface area contributed by atoms with E-state index in [1.807, 2.05) is 36.4 Å². The van der Waals surface area contributed by atoms with Crippen molar-refractivity contribution in [3.05, 3.63) is 42.1 Å². The van der Waals surface area contributed by atoms with Gasteiger partial charge in [-0.2, -0.15) is 11.8 Å². The van der Waals surface area contributed by atoms with E-state index in [9.17, 15) is 0 Å². The Kier molecular flexibility index (Phi) is 4.64. The lowest BCUT2D eigenvalue weighted by Gasteiger charge is -1.95. The van der Waals surface area contributed by atoms with Crippen molar-refractivity contribution in [3.8, 4) is 11.3 Å². The standard InChI is InChI=1S/C13H15NO2S/c15-7-4-8-17-10-12-9-13(16-14-12)11-5-2-1-3-6-11/h1-3,5-6,9,15H,4,7-8,10H2. The number of aliphatic hydroxyl groups is 1. The van der Waals surface area contributed by atoms with E-state index in [1.54, 1.807) is 11.8 Å². The van der Waals surface area contributed by atoms with E-state index in [0.717, 1.165) is 34.9 Å². The number of hydrogen-bond donors (Lipinski definition) is 1. The fourth-order valence-electron chi connectivity index (χ4n) is 1.46. The van der Waals surface area contributed by atoms with Crippen LogP contribution in [0.15, 0.2) is 40.9 Å². The Labute approximate surface area is 105 Å². The van der Waals surface area contributed by atoms with Gasteiger partial charge in [0, 0.05) is 24.0 Å². The topological polar surface area (TPSA) is 46.3 Å². The van der Waals surface area contributed by atoms with E-state index in [-0.39, 0.29) is 6.61 Å². The maximum atomic E-state index is 8.67. The maximum absolute atomic E-state index is 8.67. The van der Waals surface area contributed by atoms with Gasteiger partial charge in [-0.05, 0) is 12.2 Å². The Morgan fingerprint density at radius 3 is 2.82 bits per heavy atom. The van der Waals surface area contributed by atoms with Gasteiger partial charge < -0.3 is 9.63 Å². The van der Waals surface area contributed by atoms with Crippen LogP contribution >= 0.6 is 11.8 Å². The van der Waals surface area contributed by atoms with Gasteiger partial charge in [0.2, 0.25) is 0 Å². The molecule has 1 N–H and O–H groups in total. The SMILES string of the molecule is OCCCSCc1cc(-c2ccccc2)on1. The average molecular weight is 249 g/mol. The highest BCUT2D eigenvalue weighted by atomic mass is 32.2. The molecule has 0 spiro atoms. The molecule has 0 amide bonds. The first kappa shape index (κ1) is 12.2. The van der Waals surface area contributed by atoms with Gasteiger partial charge in [-0.25, -0.2) is 0 Å². The summed E-state index contributed by atoms with van der Waals surface area (Å²) < 4.78 is 5.29. The van der Waals surface area contributed by atoms with E-state index in [2.05, 4.69) is 5.16 Å². The Hall–Kier alpha value is -1.26. The van der Waals surface area contributed by atoms with Crippen LogP contribution in [0.25, 0.3) is 11.3 Å². The van der Waals surface area contributed by atoms with Crippen molar-refractivity contribution < 1.29 is 9.63 Å². The van der Waals surface area contributed by atoms with Gasteiger partial charge in [-0.1, -0.05) is 35.5 Å². The van der Waals surface area contributed by atoms with Gasteiger partial charge in [0.15, 0.2) is 5.76 Å². The molecule has 3 nitrogen and oxygen atoms in total. The third kappa shape index (κ3) is 3.61. The van der Waals surface area contributed by atoms with E-state index < -0.39 is 0 Å². The number of aromatic nitrogens is 1. The average Bonchev–Trinajstić information content (AvgIpc) is 2.85. The van der Waals surface area contributed by atoms with Gasteiger partial charge in [-0.3, -0.25) is 0 Å². The van der Waals surface area contributed by atoms with Crippen molar-refractivity contribution >= 4 is 11.8 Å². The summed E-state index contributed by atoms with van der Waals surface area (Å²) in [6.45, 7) is 0.251. The summed E-state index contributed by atoms with van der Waals surface area (Å²) in [6.07, 6.45) is 0.827. The van der Waals surface area contributed by atoms with Crippen LogP contribution in [0.4, 0.5) is 0 Å². The van der Waals surface area contributed by atoms with E-state index in [0.29, 0.717) is 0 Å². The Bertz CT molecular complexity index is 442. The van der Waals surface area contributed by atoms with E-state index >= 15 is 0 Å². The van der Waals surface area contributed by atoms with Gasteiger partial charge in [0.05, 0.1) is 5.69 Å². The molecule has 90 valence electrons. The molecule has 17 heavy (non-hydrogen) atoms. The number of rotatable bonds is 6. The largest absolute Gasteiger partial charge is 0.396 e. The summed E-state index contributed by atoms with van der Waals surface area (Å²) in [7, 11) is 0. The summed E-state index contributed by atoms with van der Waals surface area (Å²) in [5, 5.41) is 12.7. The van der Waals surface area contributed by atoms with E-state index in [4.69, 9.17) is 9.63 Å². The molecule has 0 atom stereocenters. The zero-order chi connectivity index (χ0) is 11.9. The van der Waals surface area contributed by atoms with Crippen molar-refractivity contribution in [1.82, 2.24) is 5.16 Å². The monoisotopic (exact) mass is 249 g/mol. The zero-order valence-electron chi connectivity index (χ0n) is 9.50. The lowest BCUT2D eigenvalue weighted by Crippen LogP contribution is -1.87. The lowest BCUT2D eigenvalue weighted by molar-refractivity contribution is 0.296. The Balaban J connectivity index is 1.92. The first-order valence-corrected chi connectivity index (χ1v) is 6.75. The molecule has 4 heteroatoms. The first-order chi connectivity index (χ1) is 8.40. The molecule has 0 radical (unpaired) electrons. The molecule has 2 aromatic rings. The third-order valence-corrected chi connectivity index (χ3v) is 3.39. The minimum absolute atomic E-state index is 0.251. The fraction of sp³-hybridized carbons (Fsp3) is 0.308. The predicted molar refractivity (Wildman–Crippen MR) is 69.8 cm³/mol. The highest BCUT2D eigenvalue weighted by molar-refractivity contribution is 7.98. The first-order valence-electron chi connectivity index (χ1n) is 5.60. The number of aliphatic hydroxyl groups excluding tert-OH is 1. The number of benzene rings is 1. The third-order valence-electron chi connectivity index (χ3n) is 2.31. The smallest absolute Gasteiger partial charge is 0.167 e. The molecule has 1 aromatic heterocycles. The molecule has 1 heterocycles. The molecule has 0 aliphatic rings. The second-order valence-corrected chi connectivity index (χ2v) is 4.78. The summed E-state index contributed by atoms with van der Waals surface area (Å²) in [5.74, 6) is 2.59. The summed E-state index contributed by atoms with van der Waals surface area (Å²) in [4.78, 5) is 0. The molecule has 1 aromatic carbocycles. The molecule has 2 rings (SSSR count). The van der Waals surface area contributed by atoms with Crippen molar-refractivity contribution in [1.29, 1.82) is 0 Å². The molecule has 0 unspecified atom stereocenters. The normalized spacial score (nSPS) is 10.6. The van der Waals surface area contributed by atoms with Crippen LogP contribution in [-0.4, -0.2) is 22.6 Å². The Morgan fingerprint density at radius 1 is 1.24 bits per heavy atom. The van der Waals surface area contributed by atoms with Gasteiger partial charge in [0.25, 0.3) is 0 Å². The van der Waals surface area contributed by atoms with Crippen LogP contribution < -0.4 is 0 Å². The molecule has 0 saturated heterocycles. The van der Waals surface area contributed by atoms with Crippen molar-refractivity contribution in [2.24, 2.45) is 0 Å². The Morgan fingerprint density at radius 2 is 2.06 bits per heavy atom. The number of nitrogens with zero attached hydrogens (tertiary/aromatic N) is 1. The van der Waals surface area contributed by atoms with Gasteiger partial charge in [0.1, 0.15) is 0 Å². The van der Waals surface area contributed by atoms with Crippen molar-refractivity contribution in [3.63, 3.8) is 0 Å². The number of hydrogen-bond acceptors (Lipinski definition) is 4. The van der Waals surface area contributed by atoms with Crippen LogP contribution in [0.1, 0.15) is 12.1 Å². The predicted octanol–water partition coefficient (Wildman–Crippen LogP) is 2.96. The van der Waals surface area contributed by atoms with Crippen LogP contribution in [0.5, 0.6) is 0 Å². The van der Waals surface area contributed by atoms with E-state index in [1.165, 1.54) is 0 Å². The molecule has 0 saturated carbocycles. The highest BCUT2D eigenvalue weighted by Crippen LogP contribution is 2.21. The molecular weight excluding hydrogens is 234 g/mol. The highest BCUT2D eigenvalue weighted by Gasteiger charge is 2.05. The molecular formula is C13H15NO2S. The summed E-state index contributed by atoms with van der Waals surface area (Å²) in [5.41, 5.74) is 2.00. The van der Waals surface area contributed by atoms with Crippen LogP contribution in [-0.2, 0) is 5.75 Å². The molecule has 0 aliphatic carbocycles. The van der Waals surface area contributed by atoms with Crippen LogP contribution in [0.3, 0.4) is 0 Å². The molecule has 0 fully saturated rings. The quantitative estimate of drug-likeness (QED) is 0.799. The molecule has 0 bridgehead atoms. The van der Waals surface area contributed by atoms with Gasteiger partial charge >= 0.3 is 0 Å². The number of thioether (sulfide) groups is 1. The minimum Gasteiger partial charge on any atom is -0.396 e. The van der Waals surface area contributed by atoms with Crippen LogP contribution in [0.2, 0.25) is 0 Å². The zero-order valence-corrected chi connectivity index (χ0v) is 10.3. The maximum Gasteiger partial charge on any atom is 0.167 e. The second kappa shape index (κ2) is 6.47. The fourth-order valence-corrected chi connectivity index (χ4v) is 2.28. The summed E-state index contributed by atoms with van der Waals surface area (Å²) in [6, 6.07) is 11.9.